The summed E-state index contributed by atoms with van der Waals surface area (Å²) in [6.07, 6.45) is 5.10. The summed E-state index contributed by atoms with van der Waals surface area (Å²) in [5.41, 5.74) is 0.861. The highest BCUT2D eigenvalue weighted by molar-refractivity contribution is 9.10. The molecule has 38 heavy (non-hydrogen) atoms. The minimum Gasteiger partial charge on any atom is -0.490 e. The Bertz CT molecular complexity index is 1570. The summed E-state index contributed by atoms with van der Waals surface area (Å²) < 4.78 is 14.3. The predicted molar refractivity (Wildman–Crippen MR) is 152 cm³/mol. The topological polar surface area (TPSA) is 122 Å². The van der Waals surface area contributed by atoms with Crippen LogP contribution in [0.25, 0.3) is 10.9 Å². The SMILES string of the molecule is CCCCc1nc2ccc(Br)cc2c(=O)n1N=Cc1cc(OCC)c(Oc2ccc([N+](=O)[O-])cn2)cc1Br. The molecule has 4 aromatic rings. The summed E-state index contributed by atoms with van der Waals surface area (Å²) in [5, 5.41) is 15.9. The van der Waals surface area contributed by atoms with Gasteiger partial charge in [0.05, 0.1) is 28.6 Å². The average molecular weight is 645 g/mol. The summed E-state index contributed by atoms with van der Waals surface area (Å²) in [6.45, 7) is 4.28. The van der Waals surface area contributed by atoms with Gasteiger partial charge in [-0.15, -0.1) is 0 Å². The molecule has 0 amide bonds. The van der Waals surface area contributed by atoms with Gasteiger partial charge in [-0.1, -0.05) is 29.3 Å². The van der Waals surface area contributed by atoms with Gasteiger partial charge in [-0.25, -0.2) is 9.97 Å². The summed E-state index contributed by atoms with van der Waals surface area (Å²) in [7, 11) is 0. The van der Waals surface area contributed by atoms with E-state index in [1.165, 1.54) is 16.8 Å². The van der Waals surface area contributed by atoms with E-state index in [9.17, 15) is 14.9 Å². The number of aromatic nitrogens is 3. The first-order chi connectivity index (χ1) is 18.3. The Morgan fingerprint density at radius 1 is 1.13 bits per heavy atom. The summed E-state index contributed by atoms with van der Waals surface area (Å²) >= 11 is 6.95. The zero-order valence-electron chi connectivity index (χ0n) is 20.6. The van der Waals surface area contributed by atoms with Gasteiger partial charge in [0.2, 0.25) is 5.88 Å². The van der Waals surface area contributed by atoms with Crippen LogP contribution in [-0.2, 0) is 6.42 Å². The van der Waals surface area contributed by atoms with Crippen LogP contribution in [0.2, 0.25) is 0 Å². The number of nitro groups is 1. The van der Waals surface area contributed by atoms with Crippen LogP contribution in [-0.4, -0.2) is 32.4 Å². The highest BCUT2D eigenvalue weighted by Gasteiger charge is 2.15. The number of hydrogen-bond donors (Lipinski definition) is 0. The Balaban J connectivity index is 1.72. The lowest BCUT2D eigenvalue weighted by atomic mass is 10.2. The molecule has 0 saturated heterocycles. The molecule has 0 radical (unpaired) electrons. The molecular formula is C26H23Br2N5O5. The lowest BCUT2D eigenvalue weighted by Crippen LogP contribution is -2.22. The van der Waals surface area contributed by atoms with Crippen LogP contribution in [0, 0.1) is 10.1 Å². The third-order valence-corrected chi connectivity index (χ3v) is 6.63. The lowest BCUT2D eigenvalue weighted by Gasteiger charge is -2.13. The highest BCUT2D eigenvalue weighted by atomic mass is 79.9. The number of fused-ring (bicyclic) bond motifs is 1. The van der Waals surface area contributed by atoms with Crippen molar-refractivity contribution >= 4 is 54.7 Å². The summed E-state index contributed by atoms with van der Waals surface area (Å²) in [6, 6.07) is 11.5. The molecular weight excluding hydrogens is 622 g/mol. The molecule has 0 atom stereocenters. The molecule has 0 bridgehead atoms. The largest absolute Gasteiger partial charge is 0.490 e. The van der Waals surface area contributed by atoms with Gasteiger partial charge >= 0.3 is 0 Å². The maximum absolute atomic E-state index is 13.3. The van der Waals surface area contributed by atoms with Crippen LogP contribution in [0.5, 0.6) is 17.4 Å². The second kappa shape index (κ2) is 12.3. The molecule has 0 aliphatic carbocycles. The number of rotatable bonds is 10. The minimum absolute atomic E-state index is 0.140. The van der Waals surface area contributed by atoms with Gasteiger partial charge < -0.3 is 9.47 Å². The van der Waals surface area contributed by atoms with Crippen LogP contribution < -0.4 is 15.0 Å². The van der Waals surface area contributed by atoms with Crippen molar-refractivity contribution in [1.29, 1.82) is 0 Å². The van der Waals surface area contributed by atoms with Crippen molar-refractivity contribution in [3.63, 3.8) is 0 Å². The molecule has 0 fully saturated rings. The van der Waals surface area contributed by atoms with Crippen LogP contribution in [0.15, 0.2) is 67.5 Å². The van der Waals surface area contributed by atoms with E-state index in [-0.39, 0.29) is 17.1 Å². The first kappa shape index (κ1) is 27.4. The minimum atomic E-state index is -0.532. The number of ether oxygens (including phenoxy) is 2. The first-order valence-electron chi connectivity index (χ1n) is 11.8. The molecule has 10 nitrogen and oxygen atoms in total. The van der Waals surface area contributed by atoms with E-state index in [1.807, 2.05) is 19.1 Å². The Morgan fingerprint density at radius 3 is 2.63 bits per heavy atom. The van der Waals surface area contributed by atoms with Crippen molar-refractivity contribution in [1.82, 2.24) is 14.6 Å². The Labute approximate surface area is 234 Å². The molecule has 4 rings (SSSR count). The van der Waals surface area contributed by atoms with Gasteiger partial charge in [0.15, 0.2) is 11.5 Å². The second-order valence-electron chi connectivity index (χ2n) is 8.12. The monoisotopic (exact) mass is 643 g/mol. The van der Waals surface area contributed by atoms with Gasteiger partial charge in [-0.3, -0.25) is 14.9 Å². The first-order valence-corrected chi connectivity index (χ1v) is 13.4. The van der Waals surface area contributed by atoms with Crippen molar-refractivity contribution in [3.05, 3.63) is 89.5 Å². The quantitative estimate of drug-likeness (QED) is 0.108. The van der Waals surface area contributed by atoms with E-state index in [2.05, 4.69) is 48.9 Å². The third-order valence-electron chi connectivity index (χ3n) is 5.45. The zero-order chi connectivity index (χ0) is 27.2. The van der Waals surface area contributed by atoms with Crippen molar-refractivity contribution < 1.29 is 14.4 Å². The Kier molecular flexibility index (Phi) is 8.85. The third kappa shape index (κ3) is 6.25. The standard InChI is InChI=1S/C26H23Br2N5O5/c1-3-5-6-24-31-21-9-7-17(27)12-19(21)26(34)32(24)30-14-16-11-22(37-4-2)23(13-20(16)28)38-25-10-8-18(15-29-25)33(35)36/h7-15H,3-6H2,1-2H3. The lowest BCUT2D eigenvalue weighted by molar-refractivity contribution is -0.385. The second-order valence-corrected chi connectivity index (χ2v) is 9.89. The summed E-state index contributed by atoms with van der Waals surface area (Å²) in [5.74, 6) is 1.52. The number of hydrogen-bond acceptors (Lipinski definition) is 8. The Morgan fingerprint density at radius 2 is 1.95 bits per heavy atom. The van der Waals surface area contributed by atoms with E-state index in [0.717, 1.165) is 23.5 Å². The van der Waals surface area contributed by atoms with E-state index in [4.69, 9.17) is 14.5 Å². The van der Waals surface area contributed by atoms with E-state index in [0.29, 0.717) is 51.3 Å². The molecule has 2 aromatic carbocycles. The van der Waals surface area contributed by atoms with Crippen LogP contribution >= 0.6 is 31.9 Å². The molecule has 0 spiro atoms. The Hall–Kier alpha value is -3.64. The van der Waals surface area contributed by atoms with Crippen molar-refractivity contribution in [2.24, 2.45) is 5.10 Å². The van der Waals surface area contributed by atoms with Gasteiger partial charge in [0.25, 0.3) is 11.2 Å². The van der Waals surface area contributed by atoms with E-state index >= 15 is 0 Å². The number of benzene rings is 2. The molecule has 0 aliphatic heterocycles. The maximum Gasteiger partial charge on any atom is 0.287 e. The summed E-state index contributed by atoms with van der Waals surface area (Å²) in [4.78, 5) is 32.4. The van der Waals surface area contributed by atoms with Crippen LogP contribution in [0.4, 0.5) is 5.69 Å². The highest BCUT2D eigenvalue weighted by Crippen LogP contribution is 2.36. The van der Waals surface area contributed by atoms with Crippen LogP contribution in [0.1, 0.15) is 38.1 Å². The average Bonchev–Trinajstić information content (AvgIpc) is 2.90. The molecule has 2 heterocycles. The van der Waals surface area contributed by atoms with Crippen molar-refractivity contribution in [3.8, 4) is 17.4 Å². The zero-order valence-corrected chi connectivity index (χ0v) is 23.7. The molecule has 196 valence electrons. The maximum atomic E-state index is 13.3. The molecule has 0 saturated carbocycles. The smallest absolute Gasteiger partial charge is 0.287 e. The fourth-order valence-corrected chi connectivity index (χ4v) is 4.37. The van der Waals surface area contributed by atoms with Gasteiger partial charge in [0.1, 0.15) is 12.0 Å². The number of nitrogens with zero attached hydrogens (tertiary/aromatic N) is 5. The van der Waals surface area contributed by atoms with E-state index < -0.39 is 4.92 Å². The van der Waals surface area contributed by atoms with Gasteiger partial charge in [-0.05, 0) is 59.6 Å². The normalized spacial score (nSPS) is 11.3. The van der Waals surface area contributed by atoms with Crippen molar-refractivity contribution in [2.75, 3.05) is 6.61 Å². The number of halogens is 2. The van der Waals surface area contributed by atoms with E-state index in [1.54, 1.807) is 24.4 Å². The van der Waals surface area contributed by atoms with Gasteiger partial charge in [0, 0.05) is 33.1 Å². The molecule has 0 unspecified atom stereocenters. The molecule has 0 aliphatic rings. The molecule has 0 N–H and O–H groups in total. The number of unbranched alkanes of at least 4 members (excludes halogenated alkanes) is 1. The number of pyridine rings is 1. The van der Waals surface area contributed by atoms with Crippen LogP contribution in [0.3, 0.4) is 0 Å². The van der Waals surface area contributed by atoms with Crippen molar-refractivity contribution in [2.45, 2.75) is 33.1 Å². The molecule has 12 heteroatoms. The molecule has 2 aromatic heterocycles. The number of aryl methyl sites for hydroxylation is 1. The van der Waals surface area contributed by atoms with Gasteiger partial charge in [-0.2, -0.15) is 9.78 Å². The fraction of sp³-hybridized carbons (Fsp3) is 0.231. The fourth-order valence-electron chi connectivity index (χ4n) is 3.58. The predicted octanol–water partition coefficient (Wildman–Crippen LogP) is 6.64.